The summed E-state index contributed by atoms with van der Waals surface area (Å²) in [6.45, 7) is 0.941. The number of epoxide rings is 1. The zero-order valence-corrected chi connectivity index (χ0v) is 7.75. The number of hydrogen-bond donors (Lipinski definition) is 0. The van der Waals surface area contributed by atoms with Crippen molar-refractivity contribution in [2.24, 2.45) is 0 Å². The van der Waals surface area contributed by atoms with E-state index >= 15 is 0 Å². The van der Waals surface area contributed by atoms with E-state index in [1.807, 2.05) is 0 Å². The topological polar surface area (TPSA) is 12.5 Å². The number of fused-ring (bicyclic) bond motifs is 1. The van der Waals surface area contributed by atoms with Crippen LogP contribution in [-0.2, 0) is 17.6 Å². The number of aryl methyl sites for hydroxylation is 1. The predicted molar refractivity (Wildman–Crippen MR) is 51.8 cm³/mol. The Bertz CT molecular complexity index is 326. The van der Waals surface area contributed by atoms with Gasteiger partial charge in [-0.3, -0.25) is 0 Å². The van der Waals surface area contributed by atoms with E-state index in [0.29, 0.717) is 6.10 Å². The molecule has 1 nitrogen and oxygen atoms in total. The second-order valence-electron chi connectivity index (χ2n) is 4.01. The fraction of sp³-hybridized carbons (Fsp3) is 0.500. The van der Waals surface area contributed by atoms with Crippen molar-refractivity contribution < 1.29 is 4.74 Å². The lowest BCUT2D eigenvalue weighted by atomic mass is 9.87. The average Bonchev–Trinajstić information content (AvgIpc) is 3.00. The van der Waals surface area contributed by atoms with Crippen LogP contribution in [0.1, 0.15) is 35.6 Å². The van der Waals surface area contributed by atoms with E-state index in [4.69, 9.17) is 4.74 Å². The quantitative estimate of drug-likeness (QED) is 0.596. The van der Waals surface area contributed by atoms with E-state index in [1.165, 1.54) is 31.2 Å². The molecule has 0 spiro atoms. The van der Waals surface area contributed by atoms with Crippen molar-refractivity contribution >= 4 is 0 Å². The fourth-order valence-corrected chi connectivity index (χ4v) is 2.34. The molecule has 3 rings (SSSR count). The molecule has 1 aliphatic carbocycles. The standard InChI is InChI=1S/C12H14O/c1-2-6-10-9(4-1)5-3-7-11(10)12-8-13-12/h3,5,7,12H,1-2,4,6,8H2/t12-/m0/s1. The lowest BCUT2D eigenvalue weighted by Gasteiger charge is -2.18. The van der Waals surface area contributed by atoms with Crippen molar-refractivity contribution in [1.29, 1.82) is 0 Å². The first kappa shape index (κ1) is 7.57. The molecule has 1 heteroatoms. The summed E-state index contributed by atoms with van der Waals surface area (Å²) in [6.07, 6.45) is 5.70. The summed E-state index contributed by atoms with van der Waals surface area (Å²) in [4.78, 5) is 0. The lowest BCUT2D eigenvalue weighted by molar-refractivity contribution is 0.413. The van der Waals surface area contributed by atoms with Gasteiger partial charge in [0.1, 0.15) is 6.10 Å². The highest BCUT2D eigenvalue weighted by Gasteiger charge is 2.28. The molecule has 1 aliphatic heterocycles. The molecule has 0 bridgehead atoms. The molecule has 0 N–H and O–H groups in total. The molecule has 2 aliphatic rings. The molecule has 1 heterocycles. The van der Waals surface area contributed by atoms with Gasteiger partial charge in [-0.25, -0.2) is 0 Å². The maximum Gasteiger partial charge on any atom is 0.106 e. The van der Waals surface area contributed by atoms with Gasteiger partial charge in [-0.15, -0.1) is 0 Å². The predicted octanol–water partition coefficient (Wildman–Crippen LogP) is 2.64. The Morgan fingerprint density at radius 2 is 2.00 bits per heavy atom. The average molecular weight is 174 g/mol. The first-order chi connectivity index (χ1) is 6.45. The lowest BCUT2D eigenvalue weighted by Crippen LogP contribution is -2.05. The van der Waals surface area contributed by atoms with E-state index in [2.05, 4.69) is 18.2 Å². The molecule has 13 heavy (non-hydrogen) atoms. The molecule has 68 valence electrons. The minimum absolute atomic E-state index is 0.438. The van der Waals surface area contributed by atoms with Gasteiger partial charge in [0, 0.05) is 0 Å². The Balaban J connectivity index is 2.07. The molecule has 1 atom stereocenters. The summed E-state index contributed by atoms with van der Waals surface area (Å²) in [7, 11) is 0. The smallest absolute Gasteiger partial charge is 0.106 e. The summed E-state index contributed by atoms with van der Waals surface area (Å²) in [5.41, 5.74) is 4.63. The highest BCUT2D eigenvalue weighted by Crippen LogP contribution is 2.36. The summed E-state index contributed by atoms with van der Waals surface area (Å²) < 4.78 is 5.36. The van der Waals surface area contributed by atoms with Crippen LogP contribution in [0.15, 0.2) is 18.2 Å². The minimum Gasteiger partial charge on any atom is -0.368 e. The van der Waals surface area contributed by atoms with E-state index in [9.17, 15) is 0 Å². The Morgan fingerprint density at radius 3 is 2.85 bits per heavy atom. The van der Waals surface area contributed by atoms with Gasteiger partial charge in [0.05, 0.1) is 6.61 Å². The van der Waals surface area contributed by atoms with Gasteiger partial charge in [-0.1, -0.05) is 18.2 Å². The molecule has 0 amide bonds. The Morgan fingerprint density at radius 1 is 1.15 bits per heavy atom. The zero-order chi connectivity index (χ0) is 8.67. The molecule has 1 saturated heterocycles. The fourth-order valence-electron chi connectivity index (χ4n) is 2.34. The minimum atomic E-state index is 0.438. The Labute approximate surface area is 78.7 Å². The van der Waals surface area contributed by atoms with Gasteiger partial charge >= 0.3 is 0 Å². The van der Waals surface area contributed by atoms with Crippen LogP contribution >= 0.6 is 0 Å². The maximum absolute atomic E-state index is 5.36. The summed E-state index contributed by atoms with van der Waals surface area (Å²) in [5, 5.41) is 0. The third kappa shape index (κ3) is 1.28. The van der Waals surface area contributed by atoms with Crippen LogP contribution in [0.5, 0.6) is 0 Å². The first-order valence-electron chi connectivity index (χ1n) is 5.17. The maximum atomic E-state index is 5.36. The van der Waals surface area contributed by atoms with Crippen molar-refractivity contribution in [2.45, 2.75) is 31.8 Å². The Kier molecular flexibility index (Phi) is 1.66. The summed E-state index contributed by atoms with van der Waals surface area (Å²) in [6, 6.07) is 6.70. The highest BCUT2D eigenvalue weighted by molar-refractivity contribution is 5.39. The molecular weight excluding hydrogens is 160 g/mol. The van der Waals surface area contributed by atoms with Gasteiger partial charge in [-0.2, -0.15) is 0 Å². The van der Waals surface area contributed by atoms with E-state index < -0.39 is 0 Å². The third-order valence-electron chi connectivity index (χ3n) is 3.11. The van der Waals surface area contributed by atoms with Gasteiger partial charge in [0.25, 0.3) is 0 Å². The van der Waals surface area contributed by atoms with Crippen LogP contribution < -0.4 is 0 Å². The monoisotopic (exact) mass is 174 g/mol. The van der Waals surface area contributed by atoms with Gasteiger partial charge in [0.2, 0.25) is 0 Å². The molecule has 1 aromatic carbocycles. The Hall–Kier alpha value is -0.820. The van der Waals surface area contributed by atoms with Crippen molar-refractivity contribution in [1.82, 2.24) is 0 Å². The molecule has 1 aromatic rings. The molecule has 0 aromatic heterocycles. The highest BCUT2D eigenvalue weighted by atomic mass is 16.6. The number of benzene rings is 1. The van der Waals surface area contributed by atoms with Gasteiger partial charge < -0.3 is 4.74 Å². The van der Waals surface area contributed by atoms with E-state index in [1.54, 1.807) is 11.1 Å². The molecule has 1 fully saturated rings. The first-order valence-corrected chi connectivity index (χ1v) is 5.17. The van der Waals surface area contributed by atoms with Crippen LogP contribution in [0.25, 0.3) is 0 Å². The van der Waals surface area contributed by atoms with Crippen LogP contribution in [0.3, 0.4) is 0 Å². The molecule has 0 unspecified atom stereocenters. The summed E-state index contributed by atoms with van der Waals surface area (Å²) in [5.74, 6) is 0. The van der Waals surface area contributed by atoms with Crippen molar-refractivity contribution in [3.05, 3.63) is 34.9 Å². The van der Waals surface area contributed by atoms with Crippen LogP contribution in [0, 0.1) is 0 Å². The third-order valence-corrected chi connectivity index (χ3v) is 3.11. The van der Waals surface area contributed by atoms with Crippen LogP contribution in [0.2, 0.25) is 0 Å². The number of rotatable bonds is 1. The molecular formula is C12H14O. The van der Waals surface area contributed by atoms with Crippen LogP contribution in [-0.4, -0.2) is 6.61 Å². The van der Waals surface area contributed by atoms with Crippen molar-refractivity contribution in [3.8, 4) is 0 Å². The second-order valence-corrected chi connectivity index (χ2v) is 4.01. The van der Waals surface area contributed by atoms with E-state index in [0.717, 1.165) is 6.61 Å². The number of hydrogen-bond acceptors (Lipinski definition) is 1. The second kappa shape index (κ2) is 2.85. The van der Waals surface area contributed by atoms with Gasteiger partial charge in [-0.05, 0) is 42.4 Å². The molecule has 0 saturated carbocycles. The van der Waals surface area contributed by atoms with Crippen molar-refractivity contribution in [2.75, 3.05) is 6.61 Å². The van der Waals surface area contributed by atoms with Crippen molar-refractivity contribution in [3.63, 3.8) is 0 Å². The SMILES string of the molecule is c1cc2c(c([C@@H]3CO3)c1)CCCC2. The molecule has 0 radical (unpaired) electrons. The van der Waals surface area contributed by atoms with Gasteiger partial charge in [0.15, 0.2) is 0 Å². The van der Waals surface area contributed by atoms with E-state index in [-0.39, 0.29) is 0 Å². The zero-order valence-electron chi connectivity index (χ0n) is 7.75. The number of ether oxygens (including phenoxy) is 1. The van der Waals surface area contributed by atoms with Crippen LogP contribution in [0.4, 0.5) is 0 Å². The largest absolute Gasteiger partial charge is 0.368 e. The normalized spacial score (nSPS) is 25.4. The summed E-state index contributed by atoms with van der Waals surface area (Å²) >= 11 is 0.